The number of nitrogens with zero attached hydrogens (tertiary/aromatic N) is 3. The molecule has 0 saturated heterocycles. The summed E-state index contributed by atoms with van der Waals surface area (Å²) in [7, 11) is 1.64. The van der Waals surface area contributed by atoms with Crippen LogP contribution >= 0.6 is 0 Å². The Morgan fingerprint density at radius 1 is 1.29 bits per heavy atom. The molecule has 0 radical (unpaired) electrons. The molecule has 0 aliphatic carbocycles. The summed E-state index contributed by atoms with van der Waals surface area (Å²) in [5.74, 6) is 1.67. The Morgan fingerprint density at radius 3 is 2.71 bits per heavy atom. The fraction of sp³-hybridized carbons (Fsp3) is 0.353. The molecule has 0 saturated carbocycles. The molecule has 0 atom stereocenters. The highest BCUT2D eigenvalue weighted by molar-refractivity contribution is 5.74. The first-order chi connectivity index (χ1) is 11.6. The van der Waals surface area contributed by atoms with Crippen LogP contribution in [0.4, 0.5) is 5.95 Å². The van der Waals surface area contributed by atoms with Crippen molar-refractivity contribution < 1.29 is 4.74 Å². The first kappa shape index (κ1) is 16.0. The second-order valence-electron chi connectivity index (χ2n) is 6.07. The Balaban J connectivity index is 1.82. The number of methoxy groups -OCH3 is 1. The zero-order valence-electron chi connectivity index (χ0n) is 14.0. The minimum atomic E-state index is -0.188. The van der Waals surface area contributed by atoms with Crippen molar-refractivity contribution in [3.8, 4) is 5.75 Å². The Labute approximate surface area is 139 Å². The summed E-state index contributed by atoms with van der Waals surface area (Å²) in [6.45, 7) is 5.47. The predicted octanol–water partition coefficient (Wildman–Crippen LogP) is 2.40. The standard InChI is InChI=1S/C17H21N5O2/c1-11(2)10-22-15-14(9-19-22)16(23)21-17(20-15)18-8-12-4-6-13(24-3)7-5-12/h4-7,9,11H,8,10H2,1-3H3,(H2,18,20,21,23). The van der Waals surface area contributed by atoms with E-state index in [0.29, 0.717) is 29.4 Å². The molecular weight excluding hydrogens is 306 g/mol. The third-order valence-corrected chi connectivity index (χ3v) is 3.66. The van der Waals surface area contributed by atoms with Gasteiger partial charge in [0.25, 0.3) is 5.56 Å². The summed E-state index contributed by atoms with van der Waals surface area (Å²) >= 11 is 0. The molecule has 2 N–H and O–H groups in total. The number of aromatic amines is 1. The molecule has 2 aromatic heterocycles. The molecule has 3 aromatic rings. The Hall–Kier alpha value is -2.83. The lowest BCUT2D eigenvalue weighted by Gasteiger charge is -2.08. The van der Waals surface area contributed by atoms with E-state index in [4.69, 9.17) is 4.74 Å². The summed E-state index contributed by atoms with van der Waals surface area (Å²) < 4.78 is 6.91. The van der Waals surface area contributed by atoms with E-state index in [0.717, 1.165) is 17.9 Å². The number of aromatic nitrogens is 4. The van der Waals surface area contributed by atoms with Gasteiger partial charge in [-0.3, -0.25) is 9.78 Å². The summed E-state index contributed by atoms with van der Waals surface area (Å²) in [6, 6.07) is 7.72. The lowest BCUT2D eigenvalue weighted by atomic mass is 10.2. The van der Waals surface area contributed by atoms with Gasteiger partial charge in [-0.1, -0.05) is 26.0 Å². The molecule has 0 bridgehead atoms. The van der Waals surface area contributed by atoms with Crippen molar-refractivity contribution in [2.24, 2.45) is 5.92 Å². The molecular formula is C17H21N5O2. The van der Waals surface area contributed by atoms with Crippen molar-refractivity contribution >= 4 is 17.0 Å². The third kappa shape index (κ3) is 3.40. The van der Waals surface area contributed by atoms with Crippen molar-refractivity contribution in [2.45, 2.75) is 26.9 Å². The van der Waals surface area contributed by atoms with E-state index in [1.807, 2.05) is 24.3 Å². The number of nitrogens with one attached hydrogen (secondary N) is 2. The number of H-pyrrole nitrogens is 1. The van der Waals surface area contributed by atoms with E-state index < -0.39 is 0 Å². The highest BCUT2D eigenvalue weighted by Gasteiger charge is 2.11. The van der Waals surface area contributed by atoms with Gasteiger partial charge in [-0.15, -0.1) is 0 Å². The van der Waals surface area contributed by atoms with Gasteiger partial charge in [-0.05, 0) is 23.6 Å². The van der Waals surface area contributed by atoms with E-state index in [9.17, 15) is 4.79 Å². The molecule has 2 heterocycles. The number of benzene rings is 1. The number of fused-ring (bicyclic) bond motifs is 1. The monoisotopic (exact) mass is 327 g/mol. The van der Waals surface area contributed by atoms with E-state index in [1.54, 1.807) is 18.0 Å². The second-order valence-corrected chi connectivity index (χ2v) is 6.07. The average Bonchev–Trinajstić information content (AvgIpc) is 2.96. The SMILES string of the molecule is COc1ccc(CNc2nc3c(cnn3CC(C)C)c(=O)[nH]2)cc1. The van der Waals surface area contributed by atoms with Crippen LogP contribution in [0.5, 0.6) is 5.75 Å². The van der Waals surface area contributed by atoms with Gasteiger partial charge in [0.05, 0.1) is 13.3 Å². The molecule has 0 spiro atoms. The largest absolute Gasteiger partial charge is 0.497 e. The number of ether oxygens (including phenoxy) is 1. The third-order valence-electron chi connectivity index (χ3n) is 3.66. The van der Waals surface area contributed by atoms with Crippen LogP contribution in [0.25, 0.3) is 11.0 Å². The first-order valence-corrected chi connectivity index (χ1v) is 7.89. The average molecular weight is 327 g/mol. The van der Waals surface area contributed by atoms with Gasteiger partial charge >= 0.3 is 0 Å². The van der Waals surface area contributed by atoms with Gasteiger partial charge < -0.3 is 10.1 Å². The number of anilines is 1. The van der Waals surface area contributed by atoms with Crippen LogP contribution in [0, 0.1) is 5.92 Å². The minimum Gasteiger partial charge on any atom is -0.497 e. The summed E-state index contributed by atoms with van der Waals surface area (Å²) in [4.78, 5) is 19.4. The summed E-state index contributed by atoms with van der Waals surface area (Å²) in [5.41, 5.74) is 1.48. The topological polar surface area (TPSA) is 84.8 Å². The van der Waals surface area contributed by atoms with Gasteiger partial charge in [0.2, 0.25) is 5.95 Å². The van der Waals surface area contributed by atoms with Crippen LogP contribution in [0.1, 0.15) is 19.4 Å². The number of hydrogen-bond acceptors (Lipinski definition) is 5. The van der Waals surface area contributed by atoms with Gasteiger partial charge in [-0.2, -0.15) is 10.1 Å². The maximum absolute atomic E-state index is 12.2. The summed E-state index contributed by atoms with van der Waals surface area (Å²) in [5, 5.41) is 7.93. The van der Waals surface area contributed by atoms with Crippen LogP contribution in [0.15, 0.2) is 35.3 Å². The van der Waals surface area contributed by atoms with Gasteiger partial charge in [-0.25, -0.2) is 4.68 Å². The van der Waals surface area contributed by atoms with Crippen molar-refractivity contribution in [1.29, 1.82) is 0 Å². The molecule has 0 aliphatic rings. The van der Waals surface area contributed by atoms with E-state index in [-0.39, 0.29) is 5.56 Å². The zero-order chi connectivity index (χ0) is 17.1. The van der Waals surface area contributed by atoms with Crippen molar-refractivity contribution in [3.63, 3.8) is 0 Å². The molecule has 0 fully saturated rings. The maximum atomic E-state index is 12.2. The zero-order valence-corrected chi connectivity index (χ0v) is 14.0. The molecule has 3 rings (SSSR count). The first-order valence-electron chi connectivity index (χ1n) is 7.89. The Kier molecular flexibility index (Phi) is 4.50. The highest BCUT2D eigenvalue weighted by Crippen LogP contribution is 2.13. The molecule has 7 heteroatoms. The lowest BCUT2D eigenvalue weighted by Crippen LogP contribution is -2.14. The lowest BCUT2D eigenvalue weighted by molar-refractivity contribution is 0.414. The molecule has 126 valence electrons. The fourth-order valence-electron chi connectivity index (χ4n) is 2.46. The smallest absolute Gasteiger partial charge is 0.263 e. The van der Waals surface area contributed by atoms with Crippen LogP contribution in [-0.4, -0.2) is 26.9 Å². The molecule has 0 aliphatic heterocycles. The van der Waals surface area contributed by atoms with E-state index in [2.05, 4.69) is 34.2 Å². The van der Waals surface area contributed by atoms with Gasteiger partial charge in [0.15, 0.2) is 5.65 Å². The van der Waals surface area contributed by atoms with Crippen LogP contribution in [-0.2, 0) is 13.1 Å². The minimum absolute atomic E-state index is 0.188. The predicted molar refractivity (Wildman–Crippen MR) is 93.3 cm³/mol. The van der Waals surface area contributed by atoms with Crippen molar-refractivity contribution in [2.75, 3.05) is 12.4 Å². The molecule has 7 nitrogen and oxygen atoms in total. The van der Waals surface area contributed by atoms with E-state index >= 15 is 0 Å². The Bertz CT molecular complexity index is 880. The van der Waals surface area contributed by atoms with Crippen molar-refractivity contribution in [3.05, 3.63) is 46.4 Å². The van der Waals surface area contributed by atoms with E-state index in [1.165, 1.54) is 0 Å². The quantitative estimate of drug-likeness (QED) is 0.726. The second kappa shape index (κ2) is 6.74. The van der Waals surface area contributed by atoms with Gasteiger partial charge in [0, 0.05) is 13.1 Å². The fourth-order valence-corrected chi connectivity index (χ4v) is 2.46. The number of rotatable bonds is 6. The van der Waals surface area contributed by atoms with Crippen LogP contribution in [0.3, 0.4) is 0 Å². The van der Waals surface area contributed by atoms with Crippen LogP contribution < -0.4 is 15.6 Å². The molecule has 0 unspecified atom stereocenters. The van der Waals surface area contributed by atoms with Crippen molar-refractivity contribution in [1.82, 2.24) is 19.7 Å². The molecule has 0 amide bonds. The molecule has 24 heavy (non-hydrogen) atoms. The Morgan fingerprint density at radius 2 is 2.04 bits per heavy atom. The van der Waals surface area contributed by atoms with Crippen LogP contribution in [0.2, 0.25) is 0 Å². The maximum Gasteiger partial charge on any atom is 0.263 e. The molecule has 1 aromatic carbocycles. The summed E-state index contributed by atoms with van der Waals surface area (Å²) in [6.07, 6.45) is 1.57. The normalized spacial score (nSPS) is 11.2. The highest BCUT2D eigenvalue weighted by atomic mass is 16.5. The number of hydrogen-bond donors (Lipinski definition) is 2. The van der Waals surface area contributed by atoms with Gasteiger partial charge in [0.1, 0.15) is 11.1 Å².